The van der Waals surface area contributed by atoms with Gasteiger partial charge >= 0.3 is 0 Å². The molecule has 2 nitrogen and oxygen atoms in total. The van der Waals surface area contributed by atoms with Crippen molar-refractivity contribution in [3.05, 3.63) is 42.0 Å². The zero-order valence-corrected chi connectivity index (χ0v) is 9.95. The first-order valence-corrected chi connectivity index (χ1v) is 5.96. The van der Waals surface area contributed by atoms with Gasteiger partial charge < -0.3 is 10.4 Å². The van der Waals surface area contributed by atoms with Crippen molar-refractivity contribution in [3.8, 4) is 5.75 Å². The van der Waals surface area contributed by atoms with E-state index in [2.05, 4.69) is 24.4 Å². The van der Waals surface area contributed by atoms with Crippen LogP contribution in [0.1, 0.15) is 25.3 Å². The van der Waals surface area contributed by atoms with Gasteiger partial charge in [-0.1, -0.05) is 31.2 Å². The molecule has 0 aliphatic carbocycles. The molecule has 0 heterocycles. The fourth-order valence-electron chi connectivity index (χ4n) is 1.51. The van der Waals surface area contributed by atoms with E-state index < -0.39 is 0 Å². The average Bonchev–Trinajstić information content (AvgIpc) is 2.28. The minimum atomic E-state index is 0.343. The minimum absolute atomic E-state index is 0.343. The van der Waals surface area contributed by atoms with E-state index in [1.165, 1.54) is 6.42 Å². The summed E-state index contributed by atoms with van der Waals surface area (Å²) in [5.74, 6) is 0.343. The van der Waals surface area contributed by atoms with Crippen LogP contribution in [0.2, 0.25) is 0 Å². The maximum atomic E-state index is 9.28. The molecule has 0 saturated heterocycles. The summed E-state index contributed by atoms with van der Waals surface area (Å²) in [5, 5.41) is 12.6. The van der Waals surface area contributed by atoms with Gasteiger partial charge in [0.15, 0.2) is 0 Å². The highest BCUT2D eigenvalue weighted by molar-refractivity contribution is 5.28. The molecule has 88 valence electrons. The topological polar surface area (TPSA) is 32.3 Å². The lowest BCUT2D eigenvalue weighted by Crippen LogP contribution is -2.14. The third-order valence-electron chi connectivity index (χ3n) is 2.35. The van der Waals surface area contributed by atoms with Crippen LogP contribution in [0.25, 0.3) is 0 Å². The lowest BCUT2D eigenvalue weighted by Gasteiger charge is -1.99. The van der Waals surface area contributed by atoms with Crippen molar-refractivity contribution in [1.29, 1.82) is 0 Å². The average molecular weight is 219 g/mol. The highest BCUT2D eigenvalue weighted by Crippen LogP contribution is 2.11. The number of phenols is 1. The van der Waals surface area contributed by atoms with E-state index in [4.69, 9.17) is 0 Å². The Morgan fingerprint density at radius 1 is 1.25 bits per heavy atom. The summed E-state index contributed by atoms with van der Waals surface area (Å²) in [4.78, 5) is 0. The van der Waals surface area contributed by atoms with E-state index in [9.17, 15) is 5.11 Å². The summed E-state index contributed by atoms with van der Waals surface area (Å²) in [6.45, 7) is 4.31. The number of nitrogens with one attached hydrogen (secondary N) is 1. The molecule has 1 aromatic carbocycles. The monoisotopic (exact) mass is 219 g/mol. The second kappa shape index (κ2) is 7.94. The summed E-state index contributed by atoms with van der Waals surface area (Å²) >= 11 is 0. The minimum Gasteiger partial charge on any atom is -0.508 e. The van der Waals surface area contributed by atoms with Crippen LogP contribution >= 0.6 is 0 Å². The molecule has 0 radical (unpaired) electrons. The van der Waals surface area contributed by atoms with Gasteiger partial charge in [0, 0.05) is 0 Å². The molecule has 0 fully saturated rings. The van der Waals surface area contributed by atoms with Gasteiger partial charge in [0.05, 0.1) is 0 Å². The van der Waals surface area contributed by atoms with Crippen LogP contribution in [0.15, 0.2) is 36.4 Å². The summed E-state index contributed by atoms with van der Waals surface area (Å²) < 4.78 is 0. The molecular weight excluding hydrogens is 198 g/mol. The van der Waals surface area contributed by atoms with Crippen molar-refractivity contribution in [3.63, 3.8) is 0 Å². The predicted octanol–water partition coefficient (Wildman–Crippen LogP) is 2.88. The number of benzene rings is 1. The molecule has 0 bridgehead atoms. The van der Waals surface area contributed by atoms with Crippen molar-refractivity contribution in [2.75, 3.05) is 13.1 Å². The molecule has 2 N–H and O–H groups in total. The van der Waals surface area contributed by atoms with E-state index >= 15 is 0 Å². The van der Waals surface area contributed by atoms with E-state index in [-0.39, 0.29) is 0 Å². The van der Waals surface area contributed by atoms with Crippen molar-refractivity contribution in [2.24, 2.45) is 0 Å². The highest BCUT2D eigenvalue weighted by Gasteiger charge is 1.90. The Balaban J connectivity index is 2.16. The number of aromatic hydroxyl groups is 1. The summed E-state index contributed by atoms with van der Waals surface area (Å²) in [7, 11) is 0. The normalized spacial score (nSPS) is 11.1. The van der Waals surface area contributed by atoms with Gasteiger partial charge in [-0.25, -0.2) is 0 Å². The zero-order valence-electron chi connectivity index (χ0n) is 9.95. The molecular formula is C14H21NO. The van der Waals surface area contributed by atoms with Crippen LogP contribution in [-0.4, -0.2) is 18.2 Å². The number of rotatable bonds is 7. The van der Waals surface area contributed by atoms with Crippen molar-refractivity contribution in [1.82, 2.24) is 5.32 Å². The Kier molecular flexibility index (Phi) is 6.35. The first-order valence-electron chi connectivity index (χ1n) is 5.96. The Bertz CT molecular complexity index is 320. The summed E-state index contributed by atoms with van der Waals surface area (Å²) in [5.41, 5.74) is 1.15. The van der Waals surface area contributed by atoms with Gasteiger partial charge in [0.1, 0.15) is 5.75 Å². The lowest BCUT2D eigenvalue weighted by molar-refractivity contribution is 0.474. The molecule has 16 heavy (non-hydrogen) atoms. The molecule has 0 atom stereocenters. The van der Waals surface area contributed by atoms with Crippen molar-refractivity contribution in [2.45, 2.75) is 26.2 Å². The van der Waals surface area contributed by atoms with Gasteiger partial charge in [-0.15, -0.1) is 0 Å². The molecule has 0 saturated carbocycles. The highest BCUT2D eigenvalue weighted by atomic mass is 16.3. The van der Waals surface area contributed by atoms with Gasteiger partial charge in [-0.2, -0.15) is 0 Å². The summed E-state index contributed by atoms with van der Waals surface area (Å²) in [6, 6.07) is 7.41. The molecule has 0 amide bonds. The van der Waals surface area contributed by atoms with Crippen LogP contribution in [-0.2, 0) is 6.42 Å². The molecule has 0 aliphatic rings. The fourth-order valence-corrected chi connectivity index (χ4v) is 1.51. The smallest absolute Gasteiger partial charge is 0.115 e. The number of hydrogen-bond donors (Lipinski definition) is 2. The maximum absolute atomic E-state index is 9.28. The molecule has 1 rings (SSSR count). The third kappa shape index (κ3) is 5.56. The van der Waals surface area contributed by atoms with Crippen LogP contribution in [0.3, 0.4) is 0 Å². The van der Waals surface area contributed by atoms with Crippen LogP contribution in [0, 0.1) is 0 Å². The zero-order chi connectivity index (χ0) is 11.6. The first kappa shape index (κ1) is 12.8. The van der Waals surface area contributed by atoms with Crippen LogP contribution < -0.4 is 5.32 Å². The molecule has 0 spiro atoms. The Morgan fingerprint density at radius 3 is 2.88 bits per heavy atom. The third-order valence-corrected chi connectivity index (χ3v) is 2.35. The van der Waals surface area contributed by atoms with E-state index in [0.29, 0.717) is 5.75 Å². The number of hydrogen-bond acceptors (Lipinski definition) is 2. The van der Waals surface area contributed by atoms with Crippen molar-refractivity contribution < 1.29 is 5.11 Å². The first-order chi connectivity index (χ1) is 7.83. The van der Waals surface area contributed by atoms with Crippen molar-refractivity contribution >= 4 is 0 Å². The molecule has 0 unspecified atom stereocenters. The van der Waals surface area contributed by atoms with Crippen LogP contribution in [0.5, 0.6) is 5.75 Å². The second-order valence-electron chi connectivity index (χ2n) is 3.88. The van der Waals surface area contributed by atoms with Gasteiger partial charge in [0.2, 0.25) is 0 Å². The van der Waals surface area contributed by atoms with E-state index in [1.807, 2.05) is 12.1 Å². The molecule has 0 aliphatic heterocycles. The Hall–Kier alpha value is -1.28. The number of allylic oxidation sites excluding steroid dienone is 1. The quantitative estimate of drug-likeness (QED) is 0.546. The predicted molar refractivity (Wildman–Crippen MR) is 68.7 cm³/mol. The number of phenolic OH excluding ortho intramolecular Hbond substituents is 1. The Labute approximate surface area is 98.0 Å². The van der Waals surface area contributed by atoms with Gasteiger partial charge in [-0.3, -0.25) is 0 Å². The molecule has 0 aromatic heterocycles. The van der Waals surface area contributed by atoms with Crippen LogP contribution in [0.4, 0.5) is 0 Å². The van der Waals surface area contributed by atoms with E-state index in [0.717, 1.165) is 31.5 Å². The molecule has 2 heteroatoms. The Morgan fingerprint density at radius 2 is 2.12 bits per heavy atom. The van der Waals surface area contributed by atoms with Gasteiger partial charge in [-0.05, 0) is 50.0 Å². The summed E-state index contributed by atoms with van der Waals surface area (Å²) in [6.07, 6.45) is 7.49. The second-order valence-corrected chi connectivity index (χ2v) is 3.88. The van der Waals surface area contributed by atoms with E-state index in [1.54, 1.807) is 12.1 Å². The fraction of sp³-hybridized carbons (Fsp3) is 0.429. The standard InChI is InChI=1S/C14H21NO/c1-2-10-15-11-5-3-4-7-13-8-6-9-14(16)12-13/h3-4,6,8-9,12,15-16H,2,5,7,10-11H2,1H3. The maximum Gasteiger partial charge on any atom is 0.115 e. The largest absolute Gasteiger partial charge is 0.508 e. The molecule has 1 aromatic rings. The lowest BCUT2D eigenvalue weighted by atomic mass is 10.1. The van der Waals surface area contributed by atoms with Gasteiger partial charge in [0.25, 0.3) is 0 Å². The SMILES string of the molecule is CCCNCCC=CCc1cccc(O)c1.